The van der Waals surface area contributed by atoms with Crippen LogP contribution in [0.1, 0.15) is 48.9 Å². The zero-order chi connectivity index (χ0) is 14.4. The summed E-state index contributed by atoms with van der Waals surface area (Å²) >= 11 is 3.41. The fourth-order valence-corrected chi connectivity index (χ4v) is 5.61. The minimum atomic E-state index is 0.151. The molecular weight excluding hydrogens is 324 g/mol. The number of halogens is 1. The molecule has 1 nitrogen and oxygen atoms in total. The summed E-state index contributed by atoms with van der Waals surface area (Å²) in [6.07, 6.45) is 12.5. The number of benzene rings is 1. The Morgan fingerprint density at radius 3 is 2.05 bits per heavy atom. The van der Waals surface area contributed by atoms with Crippen LogP contribution < -0.4 is 0 Å². The molecule has 4 fully saturated rings. The SMILES string of the molecule is O=C(C=CC12CC3CC(CC(C3)C1)C2)c1ccc(Br)cc1. The van der Waals surface area contributed by atoms with Crippen molar-refractivity contribution < 1.29 is 4.79 Å². The molecule has 0 unspecified atom stereocenters. The Kier molecular flexibility index (Phi) is 3.33. The second kappa shape index (κ2) is 5.08. The zero-order valence-corrected chi connectivity index (χ0v) is 13.8. The molecule has 110 valence electrons. The van der Waals surface area contributed by atoms with Crippen LogP contribution in [0.5, 0.6) is 0 Å². The number of hydrogen-bond donors (Lipinski definition) is 0. The van der Waals surface area contributed by atoms with Crippen LogP contribution in [0.15, 0.2) is 40.9 Å². The molecule has 21 heavy (non-hydrogen) atoms. The summed E-state index contributed by atoms with van der Waals surface area (Å²) in [6.45, 7) is 0. The van der Waals surface area contributed by atoms with Crippen LogP contribution in [0.3, 0.4) is 0 Å². The Morgan fingerprint density at radius 2 is 1.52 bits per heavy atom. The Balaban J connectivity index is 1.52. The van der Waals surface area contributed by atoms with Crippen LogP contribution >= 0.6 is 15.9 Å². The molecule has 4 saturated carbocycles. The van der Waals surface area contributed by atoms with E-state index in [0.29, 0.717) is 5.41 Å². The molecule has 0 N–H and O–H groups in total. The molecule has 1 aromatic rings. The van der Waals surface area contributed by atoms with Gasteiger partial charge in [0.05, 0.1) is 0 Å². The first kappa shape index (κ1) is 13.8. The van der Waals surface area contributed by atoms with Gasteiger partial charge in [-0.3, -0.25) is 4.79 Å². The van der Waals surface area contributed by atoms with Gasteiger partial charge in [0.15, 0.2) is 5.78 Å². The van der Waals surface area contributed by atoms with Crippen LogP contribution in [0.4, 0.5) is 0 Å². The molecule has 0 aromatic heterocycles. The second-order valence-electron chi connectivity index (χ2n) is 7.48. The summed E-state index contributed by atoms with van der Waals surface area (Å²) in [5, 5.41) is 0. The van der Waals surface area contributed by atoms with Crippen molar-refractivity contribution in [3.63, 3.8) is 0 Å². The molecule has 0 radical (unpaired) electrons. The molecule has 5 rings (SSSR count). The average Bonchev–Trinajstić information content (AvgIpc) is 2.44. The van der Waals surface area contributed by atoms with Gasteiger partial charge in [-0.15, -0.1) is 0 Å². The highest BCUT2D eigenvalue weighted by Crippen LogP contribution is 2.60. The molecule has 0 saturated heterocycles. The highest BCUT2D eigenvalue weighted by molar-refractivity contribution is 9.10. The van der Waals surface area contributed by atoms with Crippen LogP contribution in [-0.4, -0.2) is 5.78 Å². The van der Waals surface area contributed by atoms with Crippen LogP contribution in [0.25, 0.3) is 0 Å². The lowest BCUT2D eigenvalue weighted by Crippen LogP contribution is -2.45. The van der Waals surface area contributed by atoms with Crippen molar-refractivity contribution in [1.29, 1.82) is 0 Å². The number of allylic oxidation sites excluding steroid dienone is 2. The fraction of sp³-hybridized carbons (Fsp3) is 0.526. The first-order chi connectivity index (χ1) is 10.1. The summed E-state index contributed by atoms with van der Waals surface area (Å²) in [7, 11) is 0. The molecule has 0 aliphatic heterocycles. The molecule has 1 aromatic carbocycles. The lowest BCUT2D eigenvalue weighted by atomic mass is 9.49. The monoisotopic (exact) mass is 344 g/mol. The van der Waals surface area contributed by atoms with Crippen LogP contribution in [-0.2, 0) is 0 Å². The Morgan fingerprint density at radius 1 is 1.00 bits per heavy atom. The topological polar surface area (TPSA) is 17.1 Å². The van der Waals surface area contributed by atoms with Gasteiger partial charge in [0.2, 0.25) is 0 Å². The van der Waals surface area contributed by atoms with E-state index < -0.39 is 0 Å². The van der Waals surface area contributed by atoms with E-state index in [2.05, 4.69) is 22.0 Å². The van der Waals surface area contributed by atoms with Crippen molar-refractivity contribution in [2.24, 2.45) is 23.2 Å². The minimum Gasteiger partial charge on any atom is -0.289 e. The molecule has 0 heterocycles. The molecule has 4 aliphatic rings. The normalized spacial score (nSPS) is 37.3. The fourth-order valence-electron chi connectivity index (χ4n) is 5.34. The van der Waals surface area contributed by atoms with Gasteiger partial charge >= 0.3 is 0 Å². The van der Waals surface area contributed by atoms with E-state index >= 15 is 0 Å². The van der Waals surface area contributed by atoms with E-state index in [1.165, 1.54) is 38.5 Å². The average molecular weight is 345 g/mol. The molecule has 4 bridgehead atoms. The second-order valence-corrected chi connectivity index (χ2v) is 8.40. The molecule has 2 heteroatoms. The maximum absolute atomic E-state index is 12.3. The van der Waals surface area contributed by atoms with Crippen molar-refractivity contribution in [2.45, 2.75) is 38.5 Å². The quantitative estimate of drug-likeness (QED) is 0.529. The first-order valence-electron chi connectivity index (χ1n) is 8.11. The summed E-state index contributed by atoms with van der Waals surface area (Å²) in [5.74, 6) is 2.95. The predicted molar refractivity (Wildman–Crippen MR) is 88.2 cm³/mol. The summed E-state index contributed by atoms with van der Waals surface area (Å²) < 4.78 is 1.02. The van der Waals surface area contributed by atoms with Crippen molar-refractivity contribution in [3.05, 3.63) is 46.5 Å². The number of carbonyl (C=O) groups is 1. The maximum atomic E-state index is 12.3. The largest absolute Gasteiger partial charge is 0.289 e. The van der Waals surface area contributed by atoms with Crippen molar-refractivity contribution in [3.8, 4) is 0 Å². The Labute approximate surface area is 134 Å². The lowest BCUT2D eigenvalue weighted by molar-refractivity contribution is -0.0238. The molecule has 4 aliphatic carbocycles. The predicted octanol–water partition coefficient (Wildman–Crippen LogP) is 5.40. The van der Waals surface area contributed by atoms with E-state index in [1.54, 1.807) is 0 Å². The van der Waals surface area contributed by atoms with Crippen molar-refractivity contribution in [2.75, 3.05) is 0 Å². The first-order valence-corrected chi connectivity index (χ1v) is 8.90. The highest BCUT2D eigenvalue weighted by Gasteiger charge is 2.49. The number of rotatable bonds is 3. The number of hydrogen-bond acceptors (Lipinski definition) is 1. The third-order valence-corrected chi connectivity index (χ3v) is 6.33. The van der Waals surface area contributed by atoms with E-state index in [1.807, 2.05) is 30.3 Å². The van der Waals surface area contributed by atoms with Crippen molar-refractivity contribution >= 4 is 21.7 Å². The summed E-state index contributed by atoms with van der Waals surface area (Å²) in [5.41, 5.74) is 1.14. The van der Waals surface area contributed by atoms with Gasteiger partial charge < -0.3 is 0 Å². The minimum absolute atomic E-state index is 0.151. The molecular formula is C19H21BrO. The number of ketones is 1. The molecule has 0 atom stereocenters. The zero-order valence-electron chi connectivity index (χ0n) is 12.2. The molecule has 0 spiro atoms. The van der Waals surface area contributed by atoms with Gasteiger partial charge in [-0.2, -0.15) is 0 Å². The van der Waals surface area contributed by atoms with E-state index in [9.17, 15) is 4.79 Å². The van der Waals surface area contributed by atoms with Gasteiger partial charge in [-0.25, -0.2) is 0 Å². The lowest BCUT2D eigenvalue weighted by Gasteiger charge is -2.55. The van der Waals surface area contributed by atoms with E-state index in [0.717, 1.165) is 27.8 Å². The maximum Gasteiger partial charge on any atom is 0.185 e. The van der Waals surface area contributed by atoms with E-state index in [-0.39, 0.29) is 5.78 Å². The van der Waals surface area contributed by atoms with E-state index in [4.69, 9.17) is 0 Å². The summed E-state index contributed by atoms with van der Waals surface area (Å²) in [6, 6.07) is 7.67. The van der Waals surface area contributed by atoms with Crippen LogP contribution in [0, 0.1) is 23.2 Å². The third kappa shape index (κ3) is 2.63. The van der Waals surface area contributed by atoms with Gasteiger partial charge in [-0.05, 0) is 92.0 Å². The van der Waals surface area contributed by atoms with Gasteiger partial charge in [0.1, 0.15) is 0 Å². The Hall–Kier alpha value is -0.890. The summed E-state index contributed by atoms with van der Waals surface area (Å²) in [4.78, 5) is 12.3. The van der Waals surface area contributed by atoms with Crippen molar-refractivity contribution in [1.82, 2.24) is 0 Å². The number of carbonyl (C=O) groups excluding carboxylic acids is 1. The Bertz CT molecular complexity index is 549. The standard InChI is InChI=1S/C19H21BrO/c20-17-3-1-16(2-4-17)18(21)5-6-19-10-13-7-14(11-19)9-15(8-13)12-19/h1-6,13-15H,7-12H2. The van der Waals surface area contributed by atoms with Gasteiger partial charge in [0.25, 0.3) is 0 Å². The highest BCUT2D eigenvalue weighted by atomic mass is 79.9. The van der Waals surface area contributed by atoms with Gasteiger partial charge in [-0.1, -0.05) is 22.0 Å². The van der Waals surface area contributed by atoms with Gasteiger partial charge in [0, 0.05) is 10.0 Å². The smallest absolute Gasteiger partial charge is 0.185 e. The van der Waals surface area contributed by atoms with Crippen LogP contribution in [0.2, 0.25) is 0 Å². The third-order valence-electron chi connectivity index (χ3n) is 5.80. The molecule has 0 amide bonds.